The molecular weight excluding hydrogens is 244 g/mol. The zero-order chi connectivity index (χ0) is 13.8. The average molecular weight is 266 g/mol. The highest BCUT2D eigenvalue weighted by Crippen LogP contribution is 2.44. The van der Waals surface area contributed by atoms with Gasteiger partial charge >= 0.3 is 0 Å². The smallest absolute Gasteiger partial charge is 0.249 e. The summed E-state index contributed by atoms with van der Waals surface area (Å²) < 4.78 is 5.41. The van der Waals surface area contributed by atoms with E-state index >= 15 is 0 Å². The minimum atomic E-state index is -0.788. The Morgan fingerprint density at radius 3 is 2.42 bits per heavy atom. The zero-order valence-corrected chi connectivity index (χ0v) is 11.9. The highest BCUT2D eigenvalue weighted by atomic mass is 16.5. The summed E-state index contributed by atoms with van der Waals surface area (Å²) in [6.07, 6.45) is 2.87. The van der Waals surface area contributed by atoms with Crippen molar-refractivity contribution in [3.63, 3.8) is 0 Å². The summed E-state index contributed by atoms with van der Waals surface area (Å²) in [5, 5.41) is 2.98. The van der Waals surface area contributed by atoms with E-state index in [1.807, 2.05) is 20.8 Å². The largest absolute Gasteiger partial charge is 0.379 e. The number of piperazine rings is 1. The molecule has 3 aliphatic rings. The molecule has 1 N–H and O–H groups in total. The minimum absolute atomic E-state index is 0.0339. The fourth-order valence-corrected chi connectivity index (χ4v) is 3.34. The number of amides is 2. The maximum atomic E-state index is 12.9. The molecule has 0 radical (unpaired) electrons. The number of nitrogens with one attached hydrogen (secondary N) is 1. The number of hydrogen-bond acceptors (Lipinski definition) is 3. The molecule has 5 heteroatoms. The van der Waals surface area contributed by atoms with Crippen LogP contribution >= 0.6 is 0 Å². The summed E-state index contributed by atoms with van der Waals surface area (Å²) in [6.45, 7) is 6.74. The molecule has 0 aromatic heterocycles. The van der Waals surface area contributed by atoms with E-state index in [1.54, 1.807) is 4.90 Å². The van der Waals surface area contributed by atoms with Crippen molar-refractivity contribution in [1.82, 2.24) is 10.2 Å². The number of hydrogen-bond donors (Lipinski definition) is 1. The summed E-state index contributed by atoms with van der Waals surface area (Å²) in [6, 6.07) is 0.0339. The maximum Gasteiger partial charge on any atom is 0.249 e. The Kier molecular flexibility index (Phi) is 2.68. The van der Waals surface area contributed by atoms with Gasteiger partial charge in [-0.1, -0.05) is 0 Å². The van der Waals surface area contributed by atoms with E-state index in [2.05, 4.69) is 5.32 Å². The predicted octanol–water partition coefficient (Wildman–Crippen LogP) is 0.681. The molecule has 2 unspecified atom stereocenters. The van der Waals surface area contributed by atoms with Crippen LogP contribution in [0.1, 0.15) is 40.0 Å². The first kappa shape index (κ1) is 12.9. The van der Waals surface area contributed by atoms with Crippen LogP contribution in [0, 0.1) is 5.92 Å². The molecule has 106 valence electrons. The Morgan fingerprint density at radius 2 is 1.89 bits per heavy atom. The molecule has 2 aliphatic heterocycles. The second-order valence-electron chi connectivity index (χ2n) is 6.68. The lowest BCUT2D eigenvalue weighted by Gasteiger charge is -2.51. The second-order valence-corrected chi connectivity index (χ2v) is 6.68. The number of carbonyl (C=O) groups is 2. The van der Waals surface area contributed by atoms with Gasteiger partial charge in [0, 0.05) is 6.61 Å². The third-order valence-corrected chi connectivity index (χ3v) is 4.86. The summed E-state index contributed by atoms with van der Waals surface area (Å²) in [4.78, 5) is 27.2. The van der Waals surface area contributed by atoms with Gasteiger partial charge in [-0.15, -0.1) is 0 Å². The van der Waals surface area contributed by atoms with Gasteiger partial charge in [-0.05, 0) is 46.0 Å². The number of nitrogens with zero attached hydrogens (tertiary/aromatic N) is 1. The van der Waals surface area contributed by atoms with E-state index in [1.165, 1.54) is 0 Å². The Bertz CT molecular complexity index is 424. The number of carbonyl (C=O) groups excluding carboxylic acids is 2. The Morgan fingerprint density at radius 1 is 1.21 bits per heavy atom. The maximum absolute atomic E-state index is 12.9. The van der Waals surface area contributed by atoms with E-state index in [0.29, 0.717) is 19.1 Å². The lowest BCUT2D eigenvalue weighted by molar-refractivity contribution is -0.165. The van der Waals surface area contributed by atoms with E-state index in [-0.39, 0.29) is 17.9 Å². The molecule has 1 aliphatic carbocycles. The van der Waals surface area contributed by atoms with Crippen molar-refractivity contribution in [2.45, 2.75) is 57.2 Å². The fourth-order valence-electron chi connectivity index (χ4n) is 3.34. The van der Waals surface area contributed by atoms with Gasteiger partial charge in [0.15, 0.2) is 0 Å². The van der Waals surface area contributed by atoms with Gasteiger partial charge in [-0.25, -0.2) is 0 Å². The third-order valence-electron chi connectivity index (χ3n) is 4.86. The fraction of sp³-hybridized carbons (Fsp3) is 0.857. The summed E-state index contributed by atoms with van der Waals surface area (Å²) in [5.74, 6) is 0.313. The quantitative estimate of drug-likeness (QED) is 0.799. The molecule has 2 atom stereocenters. The van der Waals surface area contributed by atoms with Gasteiger partial charge in [0.2, 0.25) is 11.8 Å². The van der Waals surface area contributed by atoms with Crippen molar-refractivity contribution in [2.24, 2.45) is 5.92 Å². The Hall–Kier alpha value is -1.10. The van der Waals surface area contributed by atoms with Gasteiger partial charge in [-0.3, -0.25) is 9.59 Å². The molecule has 0 spiro atoms. The van der Waals surface area contributed by atoms with Gasteiger partial charge in [-0.2, -0.15) is 0 Å². The standard InChI is InChI=1S/C14H22N2O3/c1-13(2)11(17)15-14(3,9-4-5-9)12(18)16(13)10-6-7-19-8-10/h9-10H,4-8H2,1-3H3,(H,15,17). The van der Waals surface area contributed by atoms with Crippen LogP contribution < -0.4 is 5.32 Å². The van der Waals surface area contributed by atoms with Crippen molar-refractivity contribution in [1.29, 1.82) is 0 Å². The van der Waals surface area contributed by atoms with Crippen molar-refractivity contribution < 1.29 is 14.3 Å². The van der Waals surface area contributed by atoms with Crippen LogP contribution in [0.3, 0.4) is 0 Å². The molecule has 0 aromatic carbocycles. The molecule has 2 amide bonds. The third kappa shape index (κ3) is 1.78. The highest BCUT2D eigenvalue weighted by Gasteiger charge is 2.59. The second kappa shape index (κ2) is 3.95. The summed E-state index contributed by atoms with van der Waals surface area (Å²) >= 11 is 0. The monoisotopic (exact) mass is 266 g/mol. The zero-order valence-electron chi connectivity index (χ0n) is 11.9. The predicted molar refractivity (Wildman–Crippen MR) is 69.4 cm³/mol. The molecule has 2 saturated heterocycles. The molecule has 0 aromatic rings. The Labute approximate surface area is 113 Å². The van der Waals surface area contributed by atoms with Crippen LogP contribution in [0.2, 0.25) is 0 Å². The molecule has 2 heterocycles. The molecule has 5 nitrogen and oxygen atoms in total. The average Bonchev–Trinajstić information content (AvgIpc) is 3.07. The minimum Gasteiger partial charge on any atom is -0.379 e. The van der Waals surface area contributed by atoms with Crippen molar-refractivity contribution in [3.8, 4) is 0 Å². The summed E-state index contributed by atoms with van der Waals surface area (Å²) in [7, 11) is 0. The van der Waals surface area contributed by atoms with Crippen molar-refractivity contribution in [3.05, 3.63) is 0 Å². The molecule has 3 fully saturated rings. The number of ether oxygens (including phenoxy) is 1. The Balaban J connectivity index is 1.96. The first-order valence-electron chi connectivity index (χ1n) is 7.11. The van der Waals surface area contributed by atoms with Crippen LogP contribution in [-0.2, 0) is 14.3 Å². The highest BCUT2D eigenvalue weighted by molar-refractivity contribution is 6.02. The topological polar surface area (TPSA) is 58.6 Å². The first-order chi connectivity index (χ1) is 8.87. The van der Waals surface area contributed by atoms with E-state index in [0.717, 1.165) is 19.3 Å². The number of rotatable bonds is 2. The first-order valence-corrected chi connectivity index (χ1v) is 7.11. The lowest BCUT2D eigenvalue weighted by Crippen LogP contribution is -2.75. The van der Waals surface area contributed by atoms with E-state index in [9.17, 15) is 9.59 Å². The van der Waals surface area contributed by atoms with Gasteiger partial charge in [0.05, 0.1) is 12.6 Å². The van der Waals surface area contributed by atoms with E-state index < -0.39 is 11.1 Å². The normalized spacial score (nSPS) is 38.5. The summed E-state index contributed by atoms with van der Waals surface area (Å²) in [5.41, 5.74) is -1.50. The van der Waals surface area contributed by atoms with Crippen LogP contribution in [0.5, 0.6) is 0 Å². The lowest BCUT2D eigenvalue weighted by atomic mass is 9.83. The van der Waals surface area contributed by atoms with Gasteiger partial charge in [0.1, 0.15) is 11.1 Å². The molecular formula is C14H22N2O3. The van der Waals surface area contributed by atoms with Crippen LogP contribution in [0.4, 0.5) is 0 Å². The van der Waals surface area contributed by atoms with Gasteiger partial charge < -0.3 is 15.0 Å². The van der Waals surface area contributed by atoms with Crippen LogP contribution in [0.15, 0.2) is 0 Å². The SMILES string of the molecule is CC1(C2CC2)NC(=O)C(C)(C)N(C2CCOC2)C1=O. The molecule has 1 saturated carbocycles. The molecule has 3 rings (SSSR count). The van der Waals surface area contributed by atoms with Crippen molar-refractivity contribution >= 4 is 11.8 Å². The van der Waals surface area contributed by atoms with Crippen LogP contribution in [-0.4, -0.2) is 47.0 Å². The van der Waals surface area contributed by atoms with Crippen LogP contribution in [0.25, 0.3) is 0 Å². The van der Waals surface area contributed by atoms with E-state index in [4.69, 9.17) is 4.74 Å². The van der Waals surface area contributed by atoms with Crippen molar-refractivity contribution in [2.75, 3.05) is 13.2 Å². The molecule has 19 heavy (non-hydrogen) atoms. The molecule has 0 bridgehead atoms. The van der Waals surface area contributed by atoms with Gasteiger partial charge in [0.25, 0.3) is 0 Å².